The lowest BCUT2D eigenvalue weighted by molar-refractivity contribution is 0.138. The van der Waals surface area contributed by atoms with E-state index in [1.54, 1.807) is 0 Å². The van der Waals surface area contributed by atoms with Crippen LogP contribution in [0.1, 0.15) is 37.5 Å². The highest BCUT2D eigenvalue weighted by atomic mass is 32.2. The second-order valence-electron chi connectivity index (χ2n) is 4.87. The zero-order valence-corrected chi connectivity index (χ0v) is 10.1. The minimum Gasteiger partial charge on any atom is -0.393 e. The second kappa shape index (κ2) is 4.18. The lowest BCUT2D eigenvalue weighted by Gasteiger charge is -2.37. The van der Waals surface area contributed by atoms with Crippen molar-refractivity contribution >= 4 is 11.8 Å². The Hall–Kier alpha value is -0.470. The van der Waals surface area contributed by atoms with Gasteiger partial charge in [0.1, 0.15) is 0 Å². The fraction of sp³-hybridized carbons (Fsp3) is 0.538. The zero-order valence-electron chi connectivity index (χ0n) is 9.31. The van der Waals surface area contributed by atoms with Crippen molar-refractivity contribution in [3.05, 3.63) is 35.9 Å². The highest BCUT2D eigenvalue weighted by Crippen LogP contribution is 2.48. The number of thioether (sulfide) groups is 1. The predicted molar refractivity (Wildman–Crippen MR) is 66.1 cm³/mol. The Morgan fingerprint density at radius 2 is 1.93 bits per heavy atom. The highest BCUT2D eigenvalue weighted by Gasteiger charge is 2.34. The lowest BCUT2D eigenvalue weighted by atomic mass is 9.97. The third-order valence-electron chi connectivity index (χ3n) is 2.85. The summed E-state index contributed by atoms with van der Waals surface area (Å²) in [5.74, 6) is 0. The minimum atomic E-state index is -0.147. The molecule has 1 fully saturated rings. The molecule has 2 heteroatoms. The van der Waals surface area contributed by atoms with E-state index in [2.05, 4.69) is 38.1 Å². The number of benzene rings is 1. The Balaban J connectivity index is 2.17. The van der Waals surface area contributed by atoms with Crippen LogP contribution in [0.5, 0.6) is 0 Å². The first-order chi connectivity index (χ1) is 7.07. The fourth-order valence-corrected chi connectivity index (χ4v) is 3.92. The third-order valence-corrected chi connectivity index (χ3v) is 4.40. The van der Waals surface area contributed by atoms with Crippen LogP contribution in [0.4, 0.5) is 0 Å². The average Bonchev–Trinajstić information content (AvgIpc) is 2.16. The monoisotopic (exact) mass is 222 g/mol. The van der Waals surface area contributed by atoms with Crippen LogP contribution in [-0.2, 0) is 0 Å². The summed E-state index contributed by atoms with van der Waals surface area (Å²) in [5.41, 5.74) is 1.34. The van der Waals surface area contributed by atoms with Crippen molar-refractivity contribution in [3.63, 3.8) is 0 Å². The fourth-order valence-electron chi connectivity index (χ4n) is 2.25. The van der Waals surface area contributed by atoms with Crippen LogP contribution in [0.2, 0.25) is 0 Å². The number of hydrogen-bond acceptors (Lipinski definition) is 2. The second-order valence-corrected chi connectivity index (χ2v) is 6.78. The molecule has 0 bridgehead atoms. The van der Waals surface area contributed by atoms with E-state index in [-0.39, 0.29) is 10.9 Å². The molecule has 0 aliphatic carbocycles. The van der Waals surface area contributed by atoms with Gasteiger partial charge in [-0.25, -0.2) is 0 Å². The molecule has 2 rings (SSSR count). The molecule has 0 saturated carbocycles. The first kappa shape index (κ1) is 11.0. The molecule has 1 nitrogen and oxygen atoms in total. The van der Waals surface area contributed by atoms with E-state index < -0.39 is 0 Å². The maximum atomic E-state index is 9.86. The van der Waals surface area contributed by atoms with E-state index in [1.807, 2.05) is 17.8 Å². The lowest BCUT2D eigenvalue weighted by Crippen LogP contribution is -2.31. The first-order valence-corrected chi connectivity index (χ1v) is 6.36. The van der Waals surface area contributed by atoms with Crippen LogP contribution >= 0.6 is 11.8 Å². The van der Waals surface area contributed by atoms with Crippen molar-refractivity contribution in [1.82, 2.24) is 0 Å². The molecule has 0 aromatic heterocycles. The SMILES string of the molecule is CC1(C)C[C@H](O)C[C@H](c2ccccc2)S1. The van der Waals surface area contributed by atoms with Crippen molar-refractivity contribution in [1.29, 1.82) is 0 Å². The van der Waals surface area contributed by atoms with Gasteiger partial charge in [-0.1, -0.05) is 44.2 Å². The van der Waals surface area contributed by atoms with Crippen molar-refractivity contribution in [3.8, 4) is 0 Å². The molecule has 0 amide bonds. The summed E-state index contributed by atoms with van der Waals surface area (Å²) in [6, 6.07) is 10.5. The van der Waals surface area contributed by atoms with Crippen LogP contribution in [0.3, 0.4) is 0 Å². The van der Waals surface area contributed by atoms with Crippen LogP contribution < -0.4 is 0 Å². The average molecular weight is 222 g/mol. The normalized spacial score (nSPS) is 30.1. The molecule has 1 aliphatic heterocycles. The maximum Gasteiger partial charge on any atom is 0.0567 e. The summed E-state index contributed by atoms with van der Waals surface area (Å²) >= 11 is 1.99. The topological polar surface area (TPSA) is 20.2 Å². The van der Waals surface area contributed by atoms with Gasteiger partial charge < -0.3 is 5.11 Å². The number of rotatable bonds is 1. The molecule has 1 saturated heterocycles. The Bertz CT molecular complexity index is 321. The molecule has 1 N–H and O–H groups in total. The molecule has 1 heterocycles. The minimum absolute atomic E-state index is 0.147. The van der Waals surface area contributed by atoms with E-state index >= 15 is 0 Å². The van der Waals surface area contributed by atoms with Gasteiger partial charge in [-0.3, -0.25) is 0 Å². The van der Waals surface area contributed by atoms with Crippen LogP contribution in [-0.4, -0.2) is 16.0 Å². The largest absolute Gasteiger partial charge is 0.393 e. The standard InChI is InChI=1S/C13H18OS/c1-13(2)9-11(14)8-12(15-13)10-6-4-3-5-7-10/h3-7,11-12,14H,8-9H2,1-2H3/t11-,12-/m1/s1. The molecule has 2 atom stereocenters. The van der Waals surface area contributed by atoms with Crippen LogP contribution in [0.25, 0.3) is 0 Å². The van der Waals surface area contributed by atoms with Gasteiger partial charge in [0.05, 0.1) is 6.10 Å². The predicted octanol–water partition coefficient (Wildman–Crippen LogP) is 3.39. The maximum absolute atomic E-state index is 9.86. The van der Waals surface area contributed by atoms with E-state index in [0.717, 1.165) is 12.8 Å². The van der Waals surface area contributed by atoms with E-state index in [1.165, 1.54) is 5.56 Å². The van der Waals surface area contributed by atoms with Crippen LogP contribution in [0, 0.1) is 0 Å². The molecule has 1 aliphatic rings. The summed E-state index contributed by atoms with van der Waals surface area (Å²) in [7, 11) is 0. The van der Waals surface area contributed by atoms with Gasteiger partial charge in [0.25, 0.3) is 0 Å². The Kier molecular flexibility index (Phi) is 3.08. The quantitative estimate of drug-likeness (QED) is 0.786. The van der Waals surface area contributed by atoms with Gasteiger partial charge in [0.15, 0.2) is 0 Å². The molecule has 82 valence electrons. The van der Waals surface area contributed by atoms with Crippen molar-refractivity contribution in [2.24, 2.45) is 0 Å². The summed E-state index contributed by atoms with van der Waals surface area (Å²) < 4.78 is 0.193. The molecular formula is C13H18OS. The molecular weight excluding hydrogens is 204 g/mol. The first-order valence-electron chi connectivity index (χ1n) is 5.48. The molecule has 1 aromatic rings. The van der Waals surface area contributed by atoms with Gasteiger partial charge in [-0.05, 0) is 18.4 Å². The van der Waals surface area contributed by atoms with Crippen molar-refractivity contribution in [2.45, 2.75) is 42.8 Å². The molecule has 1 aromatic carbocycles. The van der Waals surface area contributed by atoms with Gasteiger partial charge in [0.2, 0.25) is 0 Å². The third kappa shape index (κ3) is 2.76. The van der Waals surface area contributed by atoms with Gasteiger partial charge in [0, 0.05) is 10.00 Å². The summed E-state index contributed by atoms with van der Waals surface area (Å²) in [4.78, 5) is 0. The van der Waals surface area contributed by atoms with Crippen LogP contribution in [0.15, 0.2) is 30.3 Å². The Labute approximate surface area is 95.9 Å². The van der Waals surface area contributed by atoms with Crippen molar-refractivity contribution in [2.75, 3.05) is 0 Å². The summed E-state index contributed by atoms with van der Waals surface area (Å²) in [6.45, 7) is 4.44. The van der Waals surface area contributed by atoms with Gasteiger partial charge in [-0.15, -0.1) is 11.8 Å². The van der Waals surface area contributed by atoms with E-state index in [9.17, 15) is 5.11 Å². The number of aliphatic hydroxyl groups excluding tert-OH is 1. The zero-order chi connectivity index (χ0) is 10.9. The number of aliphatic hydroxyl groups is 1. The smallest absolute Gasteiger partial charge is 0.0567 e. The number of hydrogen-bond donors (Lipinski definition) is 1. The Morgan fingerprint density at radius 3 is 2.53 bits per heavy atom. The molecule has 0 radical (unpaired) electrons. The van der Waals surface area contributed by atoms with Crippen molar-refractivity contribution < 1.29 is 5.11 Å². The summed E-state index contributed by atoms with van der Waals surface area (Å²) in [5, 5.41) is 10.3. The van der Waals surface area contributed by atoms with Gasteiger partial charge in [-0.2, -0.15) is 0 Å². The molecule has 0 unspecified atom stereocenters. The molecule has 0 spiro atoms. The Morgan fingerprint density at radius 1 is 1.27 bits per heavy atom. The van der Waals surface area contributed by atoms with E-state index in [0.29, 0.717) is 5.25 Å². The molecule has 15 heavy (non-hydrogen) atoms. The highest BCUT2D eigenvalue weighted by molar-refractivity contribution is 8.00. The summed E-state index contributed by atoms with van der Waals surface area (Å²) in [6.07, 6.45) is 1.64. The van der Waals surface area contributed by atoms with E-state index in [4.69, 9.17) is 0 Å². The van der Waals surface area contributed by atoms with Gasteiger partial charge >= 0.3 is 0 Å².